The van der Waals surface area contributed by atoms with E-state index < -0.39 is 6.10 Å². The van der Waals surface area contributed by atoms with Gasteiger partial charge in [-0.3, -0.25) is 4.98 Å². The van der Waals surface area contributed by atoms with Gasteiger partial charge in [0.1, 0.15) is 17.6 Å². The van der Waals surface area contributed by atoms with Crippen LogP contribution in [0.2, 0.25) is 0 Å². The quantitative estimate of drug-likeness (QED) is 0.536. The average molecular weight is 371 g/mol. The Morgan fingerprint density at radius 1 is 0.821 bits per heavy atom. The van der Waals surface area contributed by atoms with E-state index in [-0.39, 0.29) is 0 Å². The third-order valence-corrected chi connectivity index (χ3v) is 4.91. The summed E-state index contributed by atoms with van der Waals surface area (Å²) >= 11 is 0. The molecule has 4 heteroatoms. The van der Waals surface area contributed by atoms with Crippen molar-refractivity contribution >= 4 is 10.8 Å². The van der Waals surface area contributed by atoms with Crippen molar-refractivity contribution in [3.8, 4) is 22.6 Å². The van der Waals surface area contributed by atoms with E-state index in [2.05, 4.69) is 11.1 Å². The lowest BCUT2D eigenvalue weighted by Gasteiger charge is -2.18. The van der Waals surface area contributed by atoms with E-state index in [4.69, 9.17) is 9.47 Å². The highest BCUT2D eigenvalue weighted by atomic mass is 16.5. The van der Waals surface area contributed by atoms with Gasteiger partial charge in [-0.25, -0.2) is 0 Å². The number of aromatic nitrogens is 1. The maximum Gasteiger partial charge on any atom is 0.119 e. The molecule has 0 aliphatic rings. The Morgan fingerprint density at radius 2 is 1.57 bits per heavy atom. The first-order valence-electron chi connectivity index (χ1n) is 9.03. The molecule has 4 aromatic rings. The van der Waals surface area contributed by atoms with Gasteiger partial charge in [-0.15, -0.1) is 0 Å². The highest BCUT2D eigenvalue weighted by molar-refractivity contribution is 5.90. The van der Waals surface area contributed by atoms with Crippen LogP contribution in [0, 0.1) is 0 Å². The van der Waals surface area contributed by atoms with Crippen LogP contribution in [0.5, 0.6) is 11.5 Å². The Labute approximate surface area is 164 Å². The number of hydrogen-bond donors (Lipinski definition) is 1. The van der Waals surface area contributed by atoms with Crippen LogP contribution in [0.25, 0.3) is 21.9 Å². The smallest absolute Gasteiger partial charge is 0.119 e. The number of benzene rings is 3. The predicted molar refractivity (Wildman–Crippen MR) is 111 cm³/mol. The zero-order valence-corrected chi connectivity index (χ0v) is 15.8. The Hall–Kier alpha value is -3.37. The summed E-state index contributed by atoms with van der Waals surface area (Å²) in [5, 5.41) is 13.3. The summed E-state index contributed by atoms with van der Waals surface area (Å²) < 4.78 is 10.6. The molecule has 1 heterocycles. The number of fused-ring (bicyclic) bond motifs is 1. The van der Waals surface area contributed by atoms with Crippen LogP contribution in [0.4, 0.5) is 0 Å². The fourth-order valence-electron chi connectivity index (χ4n) is 3.38. The van der Waals surface area contributed by atoms with Crippen molar-refractivity contribution in [3.05, 3.63) is 90.3 Å². The second-order valence-corrected chi connectivity index (χ2v) is 6.57. The van der Waals surface area contributed by atoms with E-state index >= 15 is 0 Å². The largest absolute Gasteiger partial charge is 0.497 e. The summed E-state index contributed by atoms with van der Waals surface area (Å²) in [4.78, 5) is 4.25. The second-order valence-electron chi connectivity index (χ2n) is 6.57. The summed E-state index contributed by atoms with van der Waals surface area (Å²) in [6, 6.07) is 21.4. The van der Waals surface area contributed by atoms with Crippen molar-refractivity contribution < 1.29 is 14.6 Å². The Morgan fingerprint density at radius 3 is 2.25 bits per heavy atom. The van der Waals surface area contributed by atoms with E-state index in [1.54, 1.807) is 20.4 Å². The standard InChI is InChI=1S/C24H21NO3/c1-27-20-8-5-16(6-9-20)24(26)23-13-17-7-10-21(28-2)12-19(17)14-22(23)18-4-3-11-25-15-18/h3-15,24,26H,1-2H3. The van der Waals surface area contributed by atoms with Crippen LogP contribution < -0.4 is 9.47 Å². The minimum atomic E-state index is -0.771. The SMILES string of the molecule is COc1ccc(C(O)c2cc3ccc(OC)cc3cc2-c2cccnc2)cc1. The molecule has 3 aromatic carbocycles. The second kappa shape index (κ2) is 7.71. The molecule has 0 fully saturated rings. The van der Waals surface area contributed by atoms with Crippen LogP contribution in [-0.4, -0.2) is 24.3 Å². The molecule has 1 N–H and O–H groups in total. The first-order chi connectivity index (χ1) is 13.7. The first kappa shape index (κ1) is 18.0. The fraction of sp³-hybridized carbons (Fsp3) is 0.125. The van der Waals surface area contributed by atoms with E-state index in [1.807, 2.05) is 66.9 Å². The maximum atomic E-state index is 11.2. The molecule has 0 saturated heterocycles. The molecule has 0 spiro atoms. The molecular weight excluding hydrogens is 350 g/mol. The number of ether oxygens (including phenoxy) is 2. The molecule has 0 aliphatic heterocycles. The van der Waals surface area contributed by atoms with Crippen LogP contribution in [0.3, 0.4) is 0 Å². The molecule has 0 aliphatic carbocycles. The molecule has 1 aromatic heterocycles. The summed E-state index contributed by atoms with van der Waals surface area (Å²) in [7, 11) is 3.29. The lowest BCUT2D eigenvalue weighted by Crippen LogP contribution is -2.02. The molecule has 0 amide bonds. The van der Waals surface area contributed by atoms with Crippen molar-refractivity contribution in [2.75, 3.05) is 14.2 Å². The highest BCUT2D eigenvalue weighted by Crippen LogP contribution is 2.36. The van der Waals surface area contributed by atoms with Crippen molar-refractivity contribution in [1.82, 2.24) is 4.98 Å². The molecule has 0 radical (unpaired) electrons. The van der Waals surface area contributed by atoms with E-state index in [0.717, 1.165) is 44.5 Å². The van der Waals surface area contributed by atoms with Crippen molar-refractivity contribution in [1.29, 1.82) is 0 Å². The Balaban J connectivity index is 1.89. The predicted octanol–water partition coefficient (Wildman–Crippen LogP) is 5.00. The van der Waals surface area contributed by atoms with Crippen LogP contribution in [-0.2, 0) is 0 Å². The number of aliphatic hydroxyl groups is 1. The molecule has 4 nitrogen and oxygen atoms in total. The summed E-state index contributed by atoms with van der Waals surface area (Å²) in [6.45, 7) is 0. The lowest BCUT2D eigenvalue weighted by molar-refractivity contribution is 0.221. The average Bonchev–Trinajstić information content (AvgIpc) is 2.78. The lowest BCUT2D eigenvalue weighted by atomic mass is 9.90. The molecule has 0 saturated carbocycles. The molecule has 1 unspecified atom stereocenters. The number of pyridine rings is 1. The van der Waals surface area contributed by atoms with Gasteiger partial charge in [0.25, 0.3) is 0 Å². The van der Waals surface area contributed by atoms with Crippen molar-refractivity contribution in [2.45, 2.75) is 6.10 Å². The van der Waals surface area contributed by atoms with Crippen LogP contribution in [0.1, 0.15) is 17.2 Å². The van der Waals surface area contributed by atoms with Gasteiger partial charge in [0, 0.05) is 18.0 Å². The van der Waals surface area contributed by atoms with Gasteiger partial charge in [-0.1, -0.05) is 24.3 Å². The number of hydrogen-bond acceptors (Lipinski definition) is 4. The first-order valence-corrected chi connectivity index (χ1v) is 9.03. The van der Waals surface area contributed by atoms with E-state index in [0.29, 0.717) is 0 Å². The monoisotopic (exact) mass is 371 g/mol. The summed E-state index contributed by atoms with van der Waals surface area (Å²) in [6.07, 6.45) is 2.78. The van der Waals surface area contributed by atoms with Crippen LogP contribution in [0.15, 0.2) is 79.1 Å². The molecule has 28 heavy (non-hydrogen) atoms. The maximum absolute atomic E-state index is 11.2. The zero-order valence-electron chi connectivity index (χ0n) is 15.8. The number of rotatable bonds is 5. The normalized spacial score (nSPS) is 12.0. The number of aliphatic hydroxyl groups excluding tert-OH is 1. The Kier molecular flexibility index (Phi) is 4.96. The van der Waals surface area contributed by atoms with E-state index in [1.165, 1.54) is 0 Å². The van der Waals surface area contributed by atoms with Gasteiger partial charge in [0.2, 0.25) is 0 Å². The topological polar surface area (TPSA) is 51.6 Å². The molecule has 1 atom stereocenters. The molecular formula is C24H21NO3. The zero-order chi connectivity index (χ0) is 19.5. The summed E-state index contributed by atoms with van der Waals surface area (Å²) in [5.74, 6) is 1.56. The Bertz CT molecular complexity index is 1090. The van der Waals surface area contributed by atoms with Gasteiger partial charge in [-0.05, 0) is 69.9 Å². The minimum Gasteiger partial charge on any atom is -0.497 e. The third-order valence-electron chi connectivity index (χ3n) is 4.91. The van der Waals surface area contributed by atoms with E-state index in [9.17, 15) is 5.11 Å². The number of nitrogens with zero attached hydrogens (tertiary/aromatic N) is 1. The summed E-state index contributed by atoms with van der Waals surface area (Å²) in [5.41, 5.74) is 3.53. The third kappa shape index (κ3) is 3.42. The molecule has 0 bridgehead atoms. The molecule has 4 rings (SSSR count). The number of methoxy groups -OCH3 is 2. The van der Waals surface area contributed by atoms with Gasteiger partial charge in [0.15, 0.2) is 0 Å². The van der Waals surface area contributed by atoms with Gasteiger partial charge in [0.05, 0.1) is 14.2 Å². The van der Waals surface area contributed by atoms with Gasteiger partial charge in [-0.2, -0.15) is 0 Å². The van der Waals surface area contributed by atoms with Crippen molar-refractivity contribution in [3.63, 3.8) is 0 Å². The van der Waals surface area contributed by atoms with Gasteiger partial charge >= 0.3 is 0 Å². The van der Waals surface area contributed by atoms with Crippen molar-refractivity contribution in [2.24, 2.45) is 0 Å². The fourth-order valence-corrected chi connectivity index (χ4v) is 3.38. The van der Waals surface area contributed by atoms with Gasteiger partial charge < -0.3 is 14.6 Å². The minimum absolute atomic E-state index is 0.758. The molecule has 140 valence electrons. The van der Waals surface area contributed by atoms with Crippen LogP contribution >= 0.6 is 0 Å². The highest BCUT2D eigenvalue weighted by Gasteiger charge is 2.17.